The van der Waals surface area contributed by atoms with Crippen molar-refractivity contribution in [3.05, 3.63) is 16.4 Å². The van der Waals surface area contributed by atoms with Crippen molar-refractivity contribution in [1.82, 2.24) is 9.78 Å². The third-order valence-electron chi connectivity index (χ3n) is 3.26. The molecule has 0 saturated carbocycles. The number of carbonyl (C=O) groups excluding carboxylic acids is 1. The number of carbonyl (C=O) groups is 1. The van der Waals surface area contributed by atoms with Gasteiger partial charge in [-0.3, -0.25) is 9.48 Å². The Labute approximate surface area is 110 Å². The first-order valence-corrected chi connectivity index (χ1v) is 6.66. The second-order valence-electron chi connectivity index (χ2n) is 3.89. The van der Waals surface area contributed by atoms with E-state index in [1.807, 2.05) is 20.8 Å². The lowest BCUT2D eigenvalue weighted by atomic mass is 9.90. The minimum atomic E-state index is -0.741. The van der Waals surface area contributed by atoms with E-state index in [1.165, 1.54) is 0 Å². The van der Waals surface area contributed by atoms with Crippen LogP contribution < -0.4 is 0 Å². The molecule has 1 aromatic heterocycles. The van der Waals surface area contributed by atoms with Gasteiger partial charge in [0.1, 0.15) is 11.3 Å². The number of ether oxygens (including phenoxy) is 1. The lowest BCUT2D eigenvalue weighted by Gasteiger charge is -2.28. The SMILES string of the molecule is CCn1ncc(Br)c1C(=O)C(CC)(CC)OC. The number of aryl methyl sites for hydroxylation is 1. The molecule has 4 nitrogen and oxygen atoms in total. The van der Waals surface area contributed by atoms with Crippen LogP contribution in [0, 0.1) is 0 Å². The van der Waals surface area contributed by atoms with E-state index in [4.69, 9.17) is 4.74 Å². The topological polar surface area (TPSA) is 44.1 Å². The number of hydrogen-bond acceptors (Lipinski definition) is 3. The van der Waals surface area contributed by atoms with Crippen LogP contribution in [0.4, 0.5) is 0 Å². The zero-order valence-electron chi connectivity index (χ0n) is 10.8. The summed E-state index contributed by atoms with van der Waals surface area (Å²) in [5.74, 6) is -0.00350. The van der Waals surface area contributed by atoms with Crippen LogP contribution in [-0.4, -0.2) is 28.3 Å². The molecule has 17 heavy (non-hydrogen) atoms. The minimum Gasteiger partial charge on any atom is -0.370 e. The van der Waals surface area contributed by atoms with Gasteiger partial charge in [-0.25, -0.2) is 0 Å². The van der Waals surface area contributed by atoms with Gasteiger partial charge in [-0.15, -0.1) is 0 Å². The van der Waals surface area contributed by atoms with Gasteiger partial charge in [0.05, 0.1) is 10.7 Å². The summed E-state index contributed by atoms with van der Waals surface area (Å²) in [6.07, 6.45) is 2.96. The van der Waals surface area contributed by atoms with Gasteiger partial charge in [0.15, 0.2) is 0 Å². The van der Waals surface area contributed by atoms with Gasteiger partial charge in [-0.1, -0.05) is 13.8 Å². The summed E-state index contributed by atoms with van der Waals surface area (Å²) in [5.41, 5.74) is -0.145. The zero-order valence-corrected chi connectivity index (χ0v) is 12.4. The van der Waals surface area contributed by atoms with Crippen molar-refractivity contribution in [2.24, 2.45) is 0 Å². The number of methoxy groups -OCH3 is 1. The van der Waals surface area contributed by atoms with Crippen LogP contribution in [0.3, 0.4) is 0 Å². The summed E-state index contributed by atoms with van der Waals surface area (Å²) in [5, 5.41) is 4.17. The number of aromatic nitrogens is 2. The maximum absolute atomic E-state index is 12.6. The van der Waals surface area contributed by atoms with Crippen molar-refractivity contribution >= 4 is 21.7 Å². The molecule has 1 rings (SSSR count). The van der Waals surface area contributed by atoms with Crippen molar-refractivity contribution in [3.8, 4) is 0 Å². The van der Waals surface area contributed by atoms with Gasteiger partial charge in [-0.2, -0.15) is 5.10 Å². The van der Waals surface area contributed by atoms with Crippen LogP contribution in [0.15, 0.2) is 10.7 Å². The molecule has 0 saturated heterocycles. The third kappa shape index (κ3) is 2.45. The Bertz CT molecular complexity index is 389. The van der Waals surface area contributed by atoms with Crippen LogP contribution in [0.25, 0.3) is 0 Å². The molecule has 0 amide bonds. The van der Waals surface area contributed by atoms with Crippen LogP contribution in [0.2, 0.25) is 0 Å². The van der Waals surface area contributed by atoms with E-state index < -0.39 is 5.60 Å². The number of hydrogen-bond donors (Lipinski definition) is 0. The Kier molecular flexibility index (Phi) is 4.89. The Balaban J connectivity index is 3.22. The van der Waals surface area contributed by atoms with Gasteiger partial charge in [-0.05, 0) is 35.7 Å². The van der Waals surface area contributed by atoms with Crippen molar-refractivity contribution < 1.29 is 9.53 Å². The summed E-state index contributed by atoms with van der Waals surface area (Å²) in [6, 6.07) is 0. The smallest absolute Gasteiger partial charge is 0.213 e. The summed E-state index contributed by atoms with van der Waals surface area (Å²) in [6.45, 7) is 6.55. The highest BCUT2D eigenvalue weighted by Gasteiger charge is 2.38. The van der Waals surface area contributed by atoms with Gasteiger partial charge in [0.25, 0.3) is 0 Å². The molecule has 0 radical (unpaired) electrons. The molecule has 1 heterocycles. The molecule has 0 N–H and O–H groups in total. The molecule has 0 unspecified atom stereocenters. The van der Waals surface area contributed by atoms with E-state index in [1.54, 1.807) is 18.0 Å². The second-order valence-corrected chi connectivity index (χ2v) is 4.75. The molecular weight excluding hydrogens is 284 g/mol. The molecule has 5 heteroatoms. The Morgan fingerprint density at radius 2 is 2.06 bits per heavy atom. The Hall–Kier alpha value is -0.680. The van der Waals surface area contributed by atoms with Crippen molar-refractivity contribution in [2.45, 2.75) is 45.8 Å². The summed E-state index contributed by atoms with van der Waals surface area (Å²) in [4.78, 5) is 12.6. The quantitative estimate of drug-likeness (QED) is 0.759. The van der Waals surface area contributed by atoms with Gasteiger partial charge < -0.3 is 4.74 Å². The monoisotopic (exact) mass is 302 g/mol. The Morgan fingerprint density at radius 3 is 2.47 bits per heavy atom. The predicted octanol–water partition coefficient (Wildman–Crippen LogP) is 3.05. The second kappa shape index (κ2) is 5.78. The average Bonchev–Trinajstić information content (AvgIpc) is 2.73. The first kappa shape index (κ1) is 14.4. The maximum atomic E-state index is 12.6. The summed E-state index contributed by atoms with van der Waals surface area (Å²) in [7, 11) is 1.59. The fourth-order valence-electron chi connectivity index (χ4n) is 2.00. The molecule has 0 atom stereocenters. The van der Waals surface area contributed by atoms with Crippen molar-refractivity contribution in [1.29, 1.82) is 0 Å². The highest BCUT2D eigenvalue weighted by Crippen LogP contribution is 2.28. The molecule has 0 spiro atoms. The van der Waals surface area contributed by atoms with E-state index in [2.05, 4.69) is 21.0 Å². The number of Topliss-reactive ketones (excluding diaryl/α,β-unsaturated/α-hetero) is 1. The average molecular weight is 303 g/mol. The first-order chi connectivity index (χ1) is 8.06. The van der Waals surface area contributed by atoms with E-state index >= 15 is 0 Å². The molecule has 0 aliphatic carbocycles. The zero-order chi connectivity index (χ0) is 13.1. The minimum absolute atomic E-state index is 0.00350. The van der Waals surface area contributed by atoms with Crippen LogP contribution in [0.1, 0.15) is 44.1 Å². The highest BCUT2D eigenvalue weighted by molar-refractivity contribution is 9.10. The molecule has 0 aromatic carbocycles. The van der Waals surface area contributed by atoms with E-state index in [0.717, 1.165) is 4.47 Å². The molecule has 1 aromatic rings. The molecule has 0 bridgehead atoms. The number of nitrogens with zero attached hydrogens (tertiary/aromatic N) is 2. The first-order valence-electron chi connectivity index (χ1n) is 5.87. The lowest BCUT2D eigenvalue weighted by Crippen LogP contribution is -2.40. The lowest BCUT2D eigenvalue weighted by molar-refractivity contribution is -0.00350. The summed E-state index contributed by atoms with van der Waals surface area (Å²) < 4.78 is 7.89. The standard InChI is InChI=1S/C12H19BrN2O2/c1-5-12(6-2,17-4)11(16)10-9(13)8-14-15(10)7-3/h8H,5-7H2,1-4H3. The largest absolute Gasteiger partial charge is 0.370 e. The van der Waals surface area contributed by atoms with E-state index in [-0.39, 0.29) is 5.78 Å². The normalized spacial score (nSPS) is 11.8. The molecule has 0 fully saturated rings. The van der Waals surface area contributed by atoms with Crippen LogP contribution in [0.5, 0.6) is 0 Å². The Morgan fingerprint density at radius 1 is 1.47 bits per heavy atom. The fourth-order valence-corrected chi connectivity index (χ4v) is 2.47. The number of rotatable bonds is 6. The number of halogens is 1. The summed E-state index contributed by atoms with van der Waals surface area (Å²) >= 11 is 3.38. The van der Waals surface area contributed by atoms with Crippen LogP contribution >= 0.6 is 15.9 Å². The third-order valence-corrected chi connectivity index (χ3v) is 3.84. The maximum Gasteiger partial charge on any atom is 0.213 e. The van der Waals surface area contributed by atoms with Crippen LogP contribution in [-0.2, 0) is 11.3 Å². The molecule has 0 aliphatic heterocycles. The van der Waals surface area contributed by atoms with Gasteiger partial charge in [0.2, 0.25) is 5.78 Å². The molecule has 96 valence electrons. The van der Waals surface area contributed by atoms with Crippen molar-refractivity contribution in [3.63, 3.8) is 0 Å². The number of ketones is 1. The molecular formula is C12H19BrN2O2. The highest BCUT2D eigenvalue weighted by atomic mass is 79.9. The fraction of sp³-hybridized carbons (Fsp3) is 0.667. The van der Waals surface area contributed by atoms with Gasteiger partial charge in [0, 0.05) is 13.7 Å². The van der Waals surface area contributed by atoms with E-state index in [9.17, 15) is 4.79 Å². The predicted molar refractivity (Wildman–Crippen MR) is 70.3 cm³/mol. The van der Waals surface area contributed by atoms with Gasteiger partial charge >= 0.3 is 0 Å². The molecule has 0 aliphatic rings. The van der Waals surface area contributed by atoms with Crippen molar-refractivity contribution in [2.75, 3.05) is 7.11 Å². The van der Waals surface area contributed by atoms with E-state index in [0.29, 0.717) is 25.1 Å².